The Kier molecular flexibility index (Phi) is 5.77. The summed E-state index contributed by atoms with van der Waals surface area (Å²) in [5.74, 6) is -1.82. The van der Waals surface area contributed by atoms with Gasteiger partial charge in [0.1, 0.15) is 5.75 Å². The van der Waals surface area contributed by atoms with Gasteiger partial charge in [-0.25, -0.2) is 14.5 Å². The lowest BCUT2D eigenvalue weighted by Gasteiger charge is -2.34. The molecule has 172 valence electrons. The summed E-state index contributed by atoms with van der Waals surface area (Å²) in [6.45, 7) is 4.93. The minimum absolute atomic E-state index is 0.0450. The highest BCUT2D eigenvalue weighted by atomic mass is 16.8. The number of nitrogens with one attached hydrogen (secondary N) is 1. The molecule has 1 amide bonds. The largest absolute Gasteiger partial charge is 0.494 e. The van der Waals surface area contributed by atoms with Gasteiger partial charge < -0.3 is 24.4 Å². The molecule has 5 rings (SSSR count). The molecule has 32 heavy (non-hydrogen) atoms. The van der Waals surface area contributed by atoms with E-state index in [0.29, 0.717) is 36.8 Å². The van der Waals surface area contributed by atoms with Crippen LogP contribution in [0, 0.1) is 11.8 Å². The molecule has 3 aliphatic heterocycles. The molecule has 1 saturated carbocycles. The van der Waals surface area contributed by atoms with Gasteiger partial charge >= 0.3 is 17.8 Å². The fourth-order valence-corrected chi connectivity index (χ4v) is 5.47. The van der Waals surface area contributed by atoms with E-state index in [2.05, 4.69) is 5.32 Å². The van der Waals surface area contributed by atoms with Gasteiger partial charge in [-0.3, -0.25) is 4.79 Å². The Bertz CT molecular complexity index is 866. The van der Waals surface area contributed by atoms with Crippen LogP contribution in [0.25, 0.3) is 0 Å². The summed E-state index contributed by atoms with van der Waals surface area (Å²) in [6, 6.07) is 7.23. The Morgan fingerprint density at radius 3 is 2.53 bits per heavy atom. The highest BCUT2D eigenvalue weighted by Gasteiger charge is 2.65. The van der Waals surface area contributed by atoms with Crippen LogP contribution in [0.5, 0.6) is 5.75 Å². The number of hydrogen-bond acceptors (Lipinski definition) is 8. The summed E-state index contributed by atoms with van der Waals surface area (Å²) in [6.07, 6.45) is 3.72. The summed E-state index contributed by atoms with van der Waals surface area (Å²) in [5.41, 5.74) is 0.662. The number of likely N-dealkylation sites (tertiary alicyclic amines) is 1. The van der Waals surface area contributed by atoms with Crippen molar-refractivity contribution in [3.8, 4) is 5.75 Å². The van der Waals surface area contributed by atoms with Crippen LogP contribution in [0.1, 0.15) is 36.0 Å². The van der Waals surface area contributed by atoms with E-state index in [1.54, 1.807) is 12.1 Å². The van der Waals surface area contributed by atoms with Crippen molar-refractivity contribution >= 4 is 17.8 Å². The zero-order chi connectivity index (χ0) is 22.1. The molecule has 1 spiro atoms. The van der Waals surface area contributed by atoms with Crippen LogP contribution in [0.3, 0.4) is 0 Å². The second kappa shape index (κ2) is 8.71. The third-order valence-corrected chi connectivity index (χ3v) is 7.01. The predicted molar refractivity (Wildman–Crippen MR) is 113 cm³/mol. The molecule has 0 bridgehead atoms. The topological polar surface area (TPSA) is 97.4 Å². The van der Waals surface area contributed by atoms with Crippen LogP contribution in [0.15, 0.2) is 24.3 Å². The molecule has 4 aliphatic rings. The van der Waals surface area contributed by atoms with Gasteiger partial charge in [-0.2, -0.15) is 0 Å². The maximum absolute atomic E-state index is 12.6. The average molecular weight is 444 g/mol. The third-order valence-electron chi connectivity index (χ3n) is 7.01. The number of piperazine rings is 1. The standard InChI is InChI=1S/C23H29N3O6/c27-20(25-12-9-24-10-13-25)16-5-7-18(8-6-16)30-14-2-11-26-15-17-3-1-4-19(17)23(26)31-21(28)22(29)32-23/h5-8,17,19,24H,1-4,9-15H2. The first-order valence-corrected chi connectivity index (χ1v) is 11.5. The first-order chi connectivity index (χ1) is 15.6. The normalized spacial score (nSPS) is 26.8. The number of rotatable bonds is 6. The fourth-order valence-electron chi connectivity index (χ4n) is 5.47. The summed E-state index contributed by atoms with van der Waals surface area (Å²) >= 11 is 0. The smallest absolute Gasteiger partial charge is 0.421 e. The number of nitrogens with zero attached hydrogens (tertiary/aromatic N) is 2. The van der Waals surface area contributed by atoms with Crippen LogP contribution < -0.4 is 10.1 Å². The molecule has 2 unspecified atom stereocenters. The molecule has 1 N–H and O–H groups in total. The molecular formula is C23H29N3O6. The molecule has 2 atom stereocenters. The number of esters is 2. The number of benzene rings is 1. The van der Waals surface area contributed by atoms with E-state index in [1.165, 1.54) is 0 Å². The van der Waals surface area contributed by atoms with E-state index < -0.39 is 17.8 Å². The lowest BCUT2D eigenvalue weighted by molar-refractivity contribution is -0.256. The molecule has 4 fully saturated rings. The van der Waals surface area contributed by atoms with Gasteiger partial charge in [-0.1, -0.05) is 6.42 Å². The van der Waals surface area contributed by atoms with Gasteiger partial charge in [-0.15, -0.1) is 0 Å². The molecule has 0 radical (unpaired) electrons. The molecule has 3 saturated heterocycles. The SMILES string of the molecule is O=C1OC2(OC1=O)C1CCCC1CN2CCCOc1ccc(C(=O)N2CCNCC2)cc1. The highest BCUT2D eigenvalue weighted by Crippen LogP contribution is 2.51. The lowest BCUT2D eigenvalue weighted by atomic mass is 9.97. The summed E-state index contributed by atoms with van der Waals surface area (Å²) in [5, 5.41) is 3.24. The molecule has 9 nitrogen and oxygen atoms in total. The van der Waals surface area contributed by atoms with Gasteiger partial charge in [0.15, 0.2) is 0 Å². The Labute approximate surface area is 187 Å². The van der Waals surface area contributed by atoms with E-state index >= 15 is 0 Å². The van der Waals surface area contributed by atoms with E-state index in [4.69, 9.17) is 14.2 Å². The summed E-state index contributed by atoms with van der Waals surface area (Å²) < 4.78 is 16.8. The van der Waals surface area contributed by atoms with Gasteiger partial charge in [0.25, 0.3) is 5.91 Å². The van der Waals surface area contributed by atoms with Gasteiger partial charge in [0.2, 0.25) is 0 Å². The minimum atomic E-state index is -1.22. The Morgan fingerprint density at radius 1 is 1.09 bits per heavy atom. The quantitative estimate of drug-likeness (QED) is 0.395. The van der Waals surface area contributed by atoms with Gasteiger partial charge in [0.05, 0.1) is 12.5 Å². The second-order valence-electron chi connectivity index (χ2n) is 8.92. The molecule has 9 heteroatoms. The maximum atomic E-state index is 12.6. The van der Waals surface area contributed by atoms with E-state index in [1.807, 2.05) is 21.9 Å². The number of carbonyl (C=O) groups is 3. The first-order valence-electron chi connectivity index (χ1n) is 11.5. The van der Waals surface area contributed by atoms with Gasteiger partial charge in [0, 0.05) is 44.8 Å². The van der Waals surface area contributed by atoms with Crippen LogP contribution in [0.2, 0.25) is 0 Å². The summed E-state index contributed by atoms with van der Waals surface area (Å²) in [4.78, 5) is 40.0. The van der Waals surface area contributed by atoms with Crippen molar-refractivity contribution in [2.24, 2.45) is 11.8 Å². The molecule has 3 heterocycles. The van der Waals surface area contributed by atoms with Crippen molar-refractivity contribution in [2.45, 2.75) is 31.6 Å². The highest BCUT2D eigenvalue weighted by molar-refractivity contribution is 6.31. The van der Waals surface area contributed by atoms with E-state index in [-0.39, 0.29) is 11.8 Å². The predicted octanol–water partition coefficient (Wildman–Crippen LogP) is 0.987. The van der Waals surface area contributed by atoms with Crippen molar-refractivity contribution < 1.29 is 28.6 Å². The zero-order valence-corrected chi connectivity index (χ0v) is 18.1. The van der Waals surface area contributed by atoms with Crippen molar-refractivity contribution in [2.75, 3.05) is 45.9 Å². The van der Waals surface area contributed by atoms with Crippen LogP contribution >= 0.6 is 0 Å². The fraction of sp³-hybridized carbons (Fsp3) is 0.609. The Hall–Kier alpha value is -2.65. The second-order valence-corrected chi connectivity index (χ2v) is 8.92. The molecule has 0 aromatic heterocycles. The Morgan fingerprint density at radius 2 is 1.81 bits per heavy atom. The zero-order valence-electron chi connectivity index (χ0n) is 18.1. The van der Waals surface area contributed by atoms with Crippen molar-refractivity contribution in [3.05, 3.63) is 29.8 Å². The third kappa shape index (κ3) is 3.84. The average Bonchev–Trinajstić information content (AvgIpc) is 3.48. The van der Waals surface area contributed by atoms with E-state index in [0.717, 1.165) is 52.0 Å². The lowest BCUT2D eigenvalue weighted by Crippen LogP contribution is -2.50. The minimum Gasteiger partial charge on any atom is -0.494 e. The Balaban J connectivity index is 1.13. The molecule has 1 aliphatic carbocycles. The van der Waals surface area contributed by atoms with Crippen molar-refractivity contribution in [1.29, 1.82) is 0 Å². The van der Waals surface area contributed by atoms with Crippen LogP contribution in [-0.4, -0.2) is 79.4 Å². The molecule has 1 aromatic carbocycles. The number of ether oxygens (including phenoxy) is 3. The number of amides is 1. The first kappa shape index (κ1) is 21.2. The molecule has 1 aromatic rings. The number of carbonyl (C=O) groups excluding carboxylic acids is 3. The van der Waals surface area contributed by atoms with Crippen LogP contribution in [-0.2, 0) is 19.1 Å². The number of hydrogen-bond donors (Lipinski definition) is 1. The van der Waals surface area contributed by atoms with Crippen molar-refractivity contribution in [1.82, 2.24) is 15.1 Å². The number of fused-ring (bicyclic) bond motifs is 2. The van der Waals surface area contributed by atoms with Crippen molar-refractivity contribution in [3.63, 3.8) is 0 Å². The maximum Gasteiger partial charge on any atom is 0.421 e. The van der Waals surface area contributed by atoms with E-state index in [9.17, 15) is 14.4 Å². The van der Waals surface area contributed by atoms with Crippen LogP contribution in [0.4, 0.5) is 0 Å². The summed E-state index contributed by atoms with van der Waals surface area (Å²) in [7, 11) is 0. The molecular weight excluding hydrogens is 414 g/mol. The van der Waals surface area contributed by atoms with Gasteiger partial charge in [-0.05, 0) is 49.4 Å². The monoisotopic (exact) mass is 443 g/mol.